The summed E-state index contributed by atoms with van der Waals surface area (Å²) in [6, 6.07) is 15.0. The minimum Gasteiger partial charge on any atom is -0.508 e. The van der Waals surface area contributed by atoms with Crippen molar-refractivity contribution in [3.8, 4) is 11.5 Å². The summed E-state index contributed by atoms with van der Waals surface area (Å²) in [6.07, 6.45) is 6.83. The van der Waals surface area contributed by atoms with Crippen molar-refractivity contribution >= 4 is 0 Å². The predicted molar refractivity (Wildman–Crippen MR) is 115 cm³/mol. The monoisotopic (exact) mass is 378 g/mol. The van der Waals surface area contributed by atoms with Crippen LogP contribution in [-0.2, 0) is 5.41 Å². The van der Waals surface area contributed by atoms with Crippen LogP contribution in [0.15, 0.2) is 42.5 Å². The molecule has 0 saturated heterocycles. The van der Waals surface area contributed by atoms with Crippen molar-refractivity contribution in [1.29, 1.82) is 0 Å². The number of rotatable bonds is 3. The molecule has 1 aliphatic carbocycles. The van der Waals surface area contributed by atoms with E-state index in [0.29, 0.717) is 17.6 Å². The van der Waals surface area contributed by atoms with Gasteiger partial charge in [0.1, 0.15) is 17.1 Å². The molecule has 0 aromatic heterocycles. The summed E-state index contributed by atoms with van der Waals surface area (Å²) in [6.45, 7) is 8.91. The first-order valence-electron chi connectivity index (χ1n) is 10.9. The number of hydrogen-bond donors (Lipinski definition) is 1. The maximum Gasteiger partial charge on any atom is 0.124 e. The molecule has 1 fully saturated rings. The Balaban J connectivity index is 1.88. The van der Waals surface area contributed by atoms with E-state index in [1.807, 2.05) is 6.07 Å². The second kappa shape index (κ2) is 7.13. The summed E-state index contributed by atoms with van der Waals surface area (Å²) in [5.74, 6) is 2.35. The highest BCUT2D eigenvalue weighted by molar-refractivity contribution is 5.55. The van der Waals surface area contributed by atoms with E-state index >= 15 is 0 Å². The van der Waals surface area contributed by atoms with Crippen LogP contribution in [0.1, 0.15) is 88.8 Å². The van der Waals surface area contributed by atoms with E-state index in [4.69, 9.17) is 4.74 Å². The third-order valence-corrected chi connectivity index (χ3v) is 6.98. The molecule has 1 saturated carbocycles. The highest BCUT2D eigenvalue weighted by Gasteiger charge is 2.41. The Morgan fingerprint density at radius 3 is 2.32 bits per heavy atom. The molecular formula is C26H34O2. The van der Waals surface area contributed by atoms with Crippen LogP contribution in [0.3, 0.4) is 0 Å². The van der Waals surface area contributed by atoms with Gasteiger partial charge in [0.25, 0.3) is 0 Å². The van der Waals surface area contributed by atoms with Gasteiger partial charge in [-0.2, -0.15) is 0 Å². The van der Waals surface area contributed by atoms with Crippen LogP contribution in [0, 0.1) is 5.92 Å². The lowest BCUT2D eigenvalue weighted by molar-refractivity contribution is 0.0634. The van der Waals surface area contributed by atoms with Gasteiger partial charge in [0.2, 0.25) is 0 Å². The summed E-state index contributed by atoms with van der Waals surface area (Å²) < 4.78 is 6.46. The van der Waals surface area contributed by atoms with E-state index in [-0.39, 0.29) is 11.0 Å². The number of benzene rings is 2. The largest absolute Gasteiger partial charge is 0.508 e. The molecule has 2 nitrogen and oxygen atoms in total. The number of hydrogen-bond acceptors (Lipinski definition) is 2. The van der Waals surface area contributed by atoms with Crippen molar-refractivity contribution in [1.82, 2.24) is 0 Å². The van der Waals surface area contributed by atoms with E-state index < -0.39 is 0 Å². The van der Waals surface area contributed by atoms with Crippen molar-refractivity contribution in [2.75, 3.05) is 0 Å². The average molecular weight is 379 g/mol. The standard InChI is InChI=1S/C26H34O2/c1-18(2)21-17-25(3,4)28-24-16-22(23(27)15-20(21)24)26(13-9-6-10-14-26)19-11-7-5-8-12-19/h5,7-8,11-12,15-16,18,21,27H,6,9-10,13-14,17H2,1-4H3. The van der Waals surface area contributed by atoms with Crippen LogP contribution in [0.25, 0.3) is 0 Å². The van der Waals surface area contributed by atoms with Gasteiger partial charge >= 0.3 is 0 Å². The minimum atomic E-state index is -0.178. The van der Waals surface area contributed by atoms with Gasteiger partial charge in [-0.3, -0.25) is 0 Å². The average Bonchev–Trinajstić information content (AvgIpc) is 2.68. The van der Waals surface area contributed by atoms with Gasteiger partial charge < -0.3 is 9.84 Å². The molecule has 2 aromatic carbocycles. The van der Waals surface area contributed by atoms with E-state index in [9.17, 15) is 5.11 Å². The van der Waals surface area contributed by atoms with Gasteiger partial charge in [-0.25, -0.2) is 0 Å². The molecule has 2 aromatic rings. The molecule has 1 heterocycles. The fourth-order valence-corrected chi connectivity index (χ4v) is 5.55. The Morgan fingerprint density at radius 1 is 1.00 bits per heavy atom. The first kappa shape index (κ1) is 19.4. The Morgan fingerprint density at radius 2 is 1.68 bits per heavy atom. The lowest BCUT2D eigenvalue weighted by Crippen LogP contribution is -2.37. The van der Waals surface area contributed by atoms with Crippen LogP contribution in [0.4, 0.5) is 0 Å². The van der Waals surface area contributed by atoms with Crippen molar-refractivity contribution in [2.45, 2.75) is 83.2 Å². The Hall–Kier alpha value is -1.96. The second-order valence-electron chi connectivity index (χ2n) is 9.83. The van der Waals surface area contributed by atoms with Crippen LogP contribution in [-0.4, -0.2) is 10.7 Å². The normalized spacial score (nSPS) is 23.1. The second-order valence-corrected chi connectivity index (χ2v) is 9.83. The molecule has 4 rings (SSSR count). The summed E-state index contributed by atoms with van der Waals surface area (Å²) in [4.78, 5) is 0. The zero-order chi connectivity index (χ0) is 19.9. The lowest BCUT2D eigenvalue weighted by Gasteiger charge is -2.42. The van der Waals surface area contributed by atoms with E-state index in [0.717, 1.165) is 30.6 Å². The molecule has 2 heteroatoms. The summed E-state index contributed by atoms with van der Waals surface area (Å²) in [7, 11) is 0. The lowest BCUT2D eigenvalue weighted by atomic mass is 9.64. The predicted octanol–water partition coefficient (Wildman–Crippen LogP) is 6.94. The molecular weight excluding hydrogens is 344 g/mol. The molecule has 1 N–H and O–H groups in total. The van der Waals surface area contributed by atoms with Crippen molar-refractivity contribution in [2.24, 2.45) is 5.92 Å². The SMILES string of the molecule is CC(C)C1CC(C)(C)Oc2cc(C3(c4ccccc4)CCCCC3)c(O)cc21. The molecule has 1 atom stereocenters. The molecule has 0 spiro atoms. The van der Waals surface area contributed by atoms with E-state index in [2.05, 4.69) is 64.1 Å². The van der Waals surface area contributed by atoms with Crippen LogP contribution in [0.5, 0.6) is 11.5 Å². The number of aromatic hydroxyl groups is 1. The molecule has 2 aliphatic rings. The van der Waals surface area contributed by atoms with Gasteiger partial charge in [-0.1, -0.05) is 63.4 Å². The van der Waals surface area contributed by atoms with Crippen molar-refractivity contribution in [3.63, 3.8) is 0 Å². The van der Waals surface area contributed by atoms with Crippen LogP contribution >= 0.6 is 0 Å². The zero-order valence-corrected chi connectivity index (χ0v) is 17.8. The maximum atomic E-state index is 11.2. The number of phenolic OH excluding ortho intramolecular Hbond substituents is 1. The Kier molecular flexibility index (Phi) is 4.93. The summed E-state index contributed by atoms with van der Waals surface area (Å²) >= 11 is 0. The molecule has 0 amide bonds. The first-order valence-corrected chi connectivity index (χ1v) is 10.9. The molecule has 1 aliphatic heterocycles. The van der Waals surface area contributed by atoms with Crippen molar-refractivity contribution in [3.05, 3.63) is 59.2 Å². The van der Waals surface area contributed by atoms with Crippen LogP contribution < -0.4 is 4.74 Å². The van der Waals surface area contributed by atoms with Gasteiger partial charge in [-0.05, 0) is 62.6 Å². The number of ether oxygens (including phenoxy) is 1. The fourth-order valence-electron chi connectivity index (χ4n) is 5.55. The topological polar surface area (TPSA) is 29.5 Å². The highest BCUT2D eigenvalue weighted by Crippen LogP contribution is 2.52. The maximum absolute atomic E-state index is 11.2. The summed E-state index contributed by atoms with van der Waals surface area (Å²) in [5.41, 5.74) is 3.26. The first-order chi connectivity index (χ1) is 13.3. The van der Waals surface area contributed by atoms with Gasteiger partial charge in [0, 0.05) is 16.5 Å². The molecule has 0 radical (unpaired) electrons. The van der Waals surface area contributed by atoms with E-state index in [1.165, 1.54) is 30.4 Å². The third-order valence-electron chi connectivity index (χ3n) is 6.98. The van der Waals surface area contributed by atoms with Gasteiger partial charge in [-0.15, -0.1) is 0 Å². The van der Waals surface area contributed by atoms with Crippen molar-refractivity contribution < 1.29 is 9.84 Å². The van der Waals surface area contributed by atoms with E-state index in [1.54, 1.807) is 0 Å². The fraction of sp³-hybridized carbons (Fsp3) is 0.538. The third kappa shape index (κ3) is 3.32. The van der Waals surface area contributed by atoms with Gasteiger partial charge in [0.15, 0.2) is 0 Å². The molecule has 1 unspecified atom stereocenters. The molecule has 0 bridgehead atoms. The zero-order valence-electron chi connectivity index (χ0n) is 17.8. The minimum absolute atomic E-state index is 0.114. The van der Waals surface area contributed by atoms with Crippen LogP contribution in [0.2, 0.25) is 0 Å². The smallest absolute Gasteiger partial charge is 0.124 e. The Labute approximate surface area is 169 Å². The quantitative estimate of drug-likeness (QED) is 0.626. The molecule has 28 heavy (non-hydrogen) atoms. The molecule has 150 valence electrons. The van der Waals surface area contributed by atoms with Gasteiger partial charge in [0.05, 0.1) is 0 Å². The number of phenols is 1. The summed E-state index contributed by atoms with van der Waals surface area (Å²) in [5, 5.41) is 11.2. The number of fused-ring (bicyclic) bond motifs is 1. The highest BCUT2D eigenvalue weighted by atomic mass is 16.5. The Bertz CT molecular complexity index is 829.